The molecule has 3 atom stereocenters. The van der Waals surface area contributed by atoms with E-state index >= 15 is 0 Å². The first-order chi connectivity index (χ1) is 8.27. The molecule has 3 heteroatoms. The molecule has 0 aromatic rings. The monoisotopic (exact) mass is 306 g/mol. The third kappa shape index (κ3) is 6.21. The molecule has 102 valence electrons. The Morgan fingerprint density at radius 1 is 1.18 bits per heavy atom. The maximum atomic E-state index is 5.51. The van der Waals surface area contributed by atoms with Crippen LogP contribution in [0.2, 0.25) is 0 Å². The van der Waals surface area contributed by atoms with Gasteiger partial charge < -0.3 is 9.47 Å². The van der Waals surface area contributed by atoms with E-state index in [-0.39, 0.29) is 0 Å². The Labute approximate surface area is 115 Å². The van der Waals surface area contributed by atoms with Crippen molar-refractivity contribution in [3.63, 3.8) is 0 Å². The van der Waals surface area contributed by atoms with Crippen molar-refractivity contribution in [2.45, 2.75) is 50.3 Å². The van der Waals surface area contributed by atoms with Crippen LogP contribution in [0.25, 0.3) is 0 Å². The average Bonchev–Trinajstić information content (AvgIpc) is 2.35. The number of rotatable bonds is 8. The maximum Gasteiger partial charge on any atom is 0.0700 e. The first-order valence-corrected chi connectivity index (χ1v) is 7.90. The lowest BCUT2D eigenvalue weighted by molar-refractivity contribution is 0.0660. The van der Waals surface area contributed by atoms with Crippen molar-refractivity contribution in [2.24, 2.45) is 11.8 Å². The lowest BCUT2D eigenvalue weighted by Gasteiger charge is -2.32. The van der Waals surface area contributed by atoms with Gasteiger partial charge in [-0.15, -0.1) is 0 Å². The smallest absolute Gasteiger partial charge is 0.0700 e. The molecule has 0 aromatic carbocycles. The summed E-state index contributed by atoms with van der Waals surface area (Å²) in [6.45, 7) is 4.65. The van der Waals surface area contributed by atoms with Gasteiger partial charge in [-0.2, -0.15) is 0 Å². The molecular weight excluding hydrogens is 280 g/mol. The van der Waals surface area contributed by atoms with E-state index in [4.69, 9.17) is 9.47 Å². The SMILES string of the molecule is CCC1CCC(Br)C(CCCOCCOC)C1. The summed E-state index contributed by atoms with van der Waals surface area (Å²) in [4.78, 5) is 0.740. The van der Waals surface area contributed by atoms with Gasteiger partial charge in [0.05, 0.1) is 13.2 Å². The molecule has 0 aliphatic heterocycles. The van der Waals surface area contributed by atoms with Crippen LogP contribution >= 0.6 is 15.9 Å². The van der Waals surface area contributed by atoms with Crippen LogP contribution in [0.4, 0.5) is 0 Å². The predicted octanol–water partition coefficient (Wildman–Crippen LogP) is 4.02. The number of methoxy groups -OCH3 is 1. The van der Waals surface area contributed by atoms with Crippen molar-refractivity contribution in [1.29, 1.82) is 0 Å². The minimum atomic E-state index is 0.711. The van der Waals surface area contributed by atoms with E-state index in [0.29, 0.717) is 6.61 Å². The summed E-state index contributed by atoms with van der Waals surface area (Å²) < 4.78 is 10.5. The highest BCUT2D eigenvalue weighted by Gasteiger charge is 2.27. The Kier molecular flexibility index (Phi) is 8.50. The summed E-state index contributed by atoms with van der Waals surface area (Å²) in [6.07, 6.45) is 8.01. The highest BCUT2D eigenvalue weighted by molar-refractivity contribution is 9.09. The molecule has 17 heavy (non-hydrogen) atoms. The van der Waals surface area contributed by atoms with Gasteiger partial charge in [0, 0.05) is 18.5 Å². The topological polar surface area (TPSA) is 18.5 Å². The van der Waals surface area contributed by atoms with Crippen molar-refractivity contribution in [2.75, 3.05) is 26.9 Å². The van der Waals surface area contributed by atoms with Crippen LogP contribution in [0.3, 0.4) is 0 Å². The van der Waals surface area contributed by atoms with Crippen LogP contribution in [0.15, 0.2) is 0 Å². The average molecular weight is 307 g/mol. The minimum absolute atomic E-state index is 0.711. The van der Waals surface area contributed by atoms with E-state index in [0.717, 1.165) is 29.9 Å². The van der Waals surface area contributed by atoms with Gasteiger partial charge in [-0.1, -0.05) is 29.3 Å². The van der Waals surface area contributed by atoms with Crippen LogP contribution < -0.4 is 0 Å². The molecular formula is C14H27BrO2. The standard InChI is InChI=1S/C14H27BrO2/c1-3-12-6-7-14(15)13(11-12)5-4-8-17-10-9-16-2/h12-14H,3-11H2,1-2H3. The second-order valence-electron chi connectivity index (χ2n) is 5.11. The fraction of sp³-hybridized carbons (Fsp3) is 1.00. The zero-order valence-electron chi connectivity index (χ0n) is 11.3. The van der Waals surface area contributed by atoms with Crippen LogP contribution in [0.5, 0.6) is 0 Å². The number of ether oxygens (including phenoxy) is 2. The van der Waals surface area contributed by atoms with Crippen molar-refractivity contribution in [1.82, 2.24) is 0 Å². The minimum Gasteiger partial charge on any atom is -0.382 e. The second kappa shape index (κ2) is 9.35. The highest BCUT2D eigenvalue weighted by atomic mass is 79.9. The lowest BCUT2D eigenvalue weighted by Crippen LogP contribution is -2.25. The molecule has 0 radical (unpaired) electrons. The van der Waals surface area contributed by atoms with Crippen molar-refractivity contribution in [3.05, 3.63) is 0 Å². The maximum absolute atomic E-state index is 5.51. The molecule has 1 aliphatic rings. The van der Waals surface area contributed by atoms with Gasteiger partial charge in [0.25, 0.3) is 0 Å². The molecule has 0 spiro atoms. The van der Waals surface area contributed by atoms with Crippen LogP contribution in [0.1, 0.15) is 45.4 Å². The van der Waals surface area contributed by atoms with E-state index in [2.05, 4.69) is 22.9 Å². The van der Waals surface area contributed by atoms with Gasteiger partial charge in [0.2, 0.25) is 0 Å². The summed E-state index contributed by atoms with van der Waals surface area (Å²) in [6, 6.07) is 0. The molecule has 0 bridgehead atoms. The number of alkyl halides is 1. The fourth-order valence-electron chi connectivity index (χ4n) is 2.69. The third-order valence-corrected chi connectivity index (χ3v) is 5.08. The molecule has 2 nitrogen and oxygen atoms in total. The van der Waals surface area contributed by atoms with Crippen LogP contribution in [-0.4, -0.2) is 31.8 Å². The Morgan fingerprint density at radius 3 is 2.71 bits per heavy atom. The summed E-state index contributed by atoms with van der Waals surface area (Å²) in [5.74, 6) is 1.82. The van der Waals surface area contributed by atoms with Crippen molar-refractivity contribution >= 4 is 15.9 Å². The molecule has 1 fully saturated rings. The fourth-order valence-corrected chi connectivity index (χ4v) is 3.43. The Balaban J connectivity index is 2.07. The van der Waals surface area contributed by atoms with E-state index in [1.165, 1.54) is 38.5 Å². The van der Waals surface area contributed by atoms with E-state index in [9.17, 15) is 0 Å². The molecule has 1 saturated carbocycles. The number of hydrogen-bond acceptors (Lipinski definition) is 2. The third-order valence-electron chi connectivity index (χ3n) is 3.87. The van der Waals surface area contributed by atoms with Crippen LogP contribution in [-0.2, 0) is 9.47 Å². The van der Waals surface area contributed by atoms with Gasteiger partial charge in [0.15, 0.2) is 0 Å². The number of hydrogen-bond donors (Lipinski definition) is 0. The van der Waals surface area contributed by atoms with Gasteiger partial charge in [-0.25, -0.2) is 0 Å². The van der Waals surface area contributed by atoms with Gasteiger partial charge >= 0.3 is 0 Å². The van der Waals surface area contributed by atoms with E-state index in [1.54, 1.807) is 7.11 Å². The Morgan fingerprint density at radius 2 is 2.00 bits per heavy atom. The summed E-state index contributed by atoms with van der Waals surface area (Å²) >= 11 is 3.84. The highest BCUT2D eigenvalue weighted by Crippen LogP contribution is 2.37. The molecule has 0 heterocycles. The summed E-state index contributed by atoms with van der Waals surface area (Å²) in [5, 5.41) is 0. The van der Waals surface area contributed by atoms with E-state index < -0.39 is 0 Å². The molecule has 0 aromatic heterocycles. The zero-order valence-corrected chi connectivity index (χ0v) is 12.9. The quantitative estimate of drug-likeness (QED) is 0.498. The summed E-state index contributed by atoms with van der Waals surface area (Å²) in [5.41, 5.74) is 0. The van der Waals surface area contributed by atoms with Crippen molar-refractivity contribution in [3.8, 4) is 0 Å². The van der Waals surface area contributed by atoms with Crippen molar-refractivity contribution < 1.29 is 9.47 Å². The Bertz CT molecular complexity index is 187. The molecule has 0 saturated heterocycles. The number of halogens is 1. The predicted molar refractivity (Wildman–Crippen MR) is 75.8 cm³/mol. The zero-order chi connectivity index (χ0) is 12.5. The first-order valence-electron chi connectivity index (χ1n) is 6.98. The largest absolute Gasteiger partial charge is 0.382 e. The van der Waals surface area contributed by atoms with Gasteiger partial charge in [-0.3, -0.25) is 0 Å². The Hall–Kier alpha value is 0.400. The van der Waals surface area contributed by atoms with Gasteiger partial charge in [0.1, 0.15) is 0 Å². The van der Waals surface area contributed by atoms with E-state index in [1.807, 2.05) is 0 Å². The lowest BCUT2D eigenvalue weighted by atomic mass is 9.78. The summed E-state index contributed by atoms with van der Waals surface area (Å²) in [7, 11) is 1.71. The second-order valence-corrected chi connectivity index (χ2v) is 6.29. The molecule has 1 aliphatic carbocycles. The molecule has 0 N–H and O–H groups in total. The molecule has 0 amide bonds. The normalized spacial score (nSPS) is 29.5. The molecule has 1 rings (SSSR count). The van der Waals surface area contributed by atoms with Crippen LogP contribution in [0, 0.1) is 11.8 Å². The first kappa shape index (κ1) is 15.5. The van der Waals surface area contributed by atoms with Gasteiger partial charge in [-0.05, 0) is 43.9 Å². The molecule has 3 unspecified atom stereocenters.